The van der Waals surface area contributed by atoms with Gasteiger partial charge < -0.3 is 15.0 Å². The van der Waals surface area contributed by atoms with E-state index in [4.69, 9.17) is 4.74 Å². The van der Waals surface area contributed by atoms with E-state index in [1.807, 2.05) is 30.0 Å². The maximum absolute atomic E-state index is 12.5. The van der Waals surface area contributed by atoms with Crippen molar-refractivity contribution in [2.75, 3.05) is 32.1 Å². The molecule has 0 aromatic heterocycles. The first kappa shape index (κ1) is 15.8. The highest BCUT2D eigenvalue weighted by Crippen LogP contribution is 2.20. The second-order valence-electron chi connectivity index (χ2n) is 5.68. The molecule has 1 aliphatic rings. The Balaban J connectivity index is 2.01. The summed E-state index contributed by atoms with van der Waals surface area (Å²) in [5.74, 6) is 0.134. The molecule has 1 aliphatic heterocycles. The van der Waals surface area contributed by atoms with Crippen molar-refractivity contribution in [2.45, 2.75) is 39.2 Å². The van der Waals surface area contributed by atoms with Crippen molar-refractivity contribution in [1.82, 2.24) is 4.90 Å². The van der Waals surface area contributed by atoms with E-state index in [9.17, 15) is 4.79 Å². The van der Waals surface area contributed by atoms with Gasteiger partial charge in [0.1, 0.15) is 0 Å². The Kier molecular flexibility index (Phi) is 5.62. The average molecular weight is 290 g/mol. The lowest BCUT2D eigenvalue weighted by Gasteiger charge is -2.31. The van der Waals surface area contributed by atoms with Gasteiger partial charge in [0, 0.05) is 38.0 Å². The number of methoxy groups -OCH3 is 1. The Morgan fingerprint density at radius 2 is 2.10 bits per heavy atom. The molecule has 1 aromatic carbocycles. The number of aryl methyl sites for hydroxylation is 1. The minimum Gasteiger partial charge on any atom is -0.385 e. The van der Waals surface area contributed by atoms with Crippen LogP contribution in [0.25, 0.3) is 0 Å². The van der Waals surface area contributed by atoms with E-state index in [0.29, 0.717) is 6.10 Å². The summed E-state index contributed by atoms with van der Waals surface area (Å²) in [7, 11) is 1.74. The lowest BCUT2D eigenvalue weighted by Crippen LogP contribution is -2.40. The molecule has 0 atom stereocenters. The minimum absolute atomic E-state index is 0.134. The fourth-order valence-corrected chi connectivity index (χ4v) is 2.73. The first-order valence-electron chi connectivity index (χ1n) is 7.82. The van der Waals surface area contributed by atoms with Gasteiger partial charge in [-0.25, -0.2) is 0 Å². The molecular weight excluding hydrogens is 264 g/mol. The van der Waals surface area contributed by atoms with Crippen LogP contribution >= 0.6 is 0 Å². The number of carbonyl (C=O) groups is 1. The Morgan fingerprint density at radius 3 is 2.67 bits per heavy atom. The number of hydrogen-bond donors (Lipinski definition) is 1. The van der Waals surface area contributed by atoms with Crippen LogP contribution in [0.3, 0.4) is 0 Å². The lowest BCUT2D eigenvalue weighted by atomic mass is 10.0. The number of amides is 1. The lowest BCUT2D eigenvalue weighted by molar-refractivity contribution is 0.0351. The van der Waals surface area contributed by atoms with Gasteiger partial charge in [0.05, 0.1) is 6.10 Å². The number of anilines is 1. The third-order valence-corrected chi connectivity index (χ3v) is 4.10. The third-order valence-electron chi connectivity index (χ3n) is 4.10. The van der Waals surface area contributed by atoms with E-state index >= 15 is 0 Å². The Hall–Kier alpha value is -1.55. The van der Waals surface area contributed by atoms with E-state index in [-0.39, 0.29) is 5.91 Å². The van der Waals surface area contributed by atoms with Crippen molar-refractivity contribution in [3.63, 3.8) is 0 Å². The number of ether oxygens (including phenoxy) is 1. The molecule has 4 nitrogen and oxygen atoms in total. The number of nitrogens with zero attached hydrogens (tertiary/aromatic N) is 1. The summed E-state index contributed by atoms with van der Waals surface area (Å²) in [4.78, 5) is 14.5. The molecule has 1 aromatic rings. The Morgan fingerprint density at radius 1 is 1.38 bits per heavy atom. The fraction of sp³-hybridized carbons (Fsp3) is 0.588. The minimum atomic E-state index is 0.134. The predicted molar refractivity (Wildman–Crippen MR) is 85.9 cm³/mol. The van der Waals surface area contributed by atoms with Crippen LogP contribution < -0.4 is 5.32 Å². The summed E-state index contributed by atoms with van der Waals surface area (Å²) < 4.78 is 5.35. The summed E-state index contributed by atoms with van der Waals surface area (Å²) in [5.41, 5.74) is 3.03. The Labute approximate surface area is 127 Å². The molecule has 0 saturated carbocycles. The molecule has 0 unspecified atom stereocenters. The molecule has 4 heteroatoms. The van der Waals surface area contributed by atoms with Gasteiger partial charge in [-0.2, -0.15) is 0 Å². The van der Waals surface area contributed by atoms with Gasteiger partial charge in [0.25, 0.3) is 5.91 Å². The van der Waals surface area contributed by atoms with E-state index in [1.165, 1.54) is 0 Å². The third kappa shape index (κ3) is 3.97. The maximum atomic E-state index is 12.5. The number of hydrogen-bond acceptors (Lipinski definition) is 3. The van der Waals surface area contributed by atoms with Crippen LogP contribution in [0.5, 0.6) is 0 Å². The molecule has 1 amide bonds. The highest BCUT2D eigenvalue weighted by atomic mass is 16.5. The van der Waals surface area contributed by atoms with Crippen molar-refractivity contribution >= 4 is 11.6 Å². The van der Waals surface area contributed by atoms with Crippen LogP contribution in [0.4, 0.5) is 5.69 Å². The number of likely N-dealkylation sites (tertiary alicyclic amines) is 1. The topological polar surface area (TPSA) is 41.6 Å². The van der Waals surface area contributed by atoms with Crippen LogP contribution in [0.2, 0.25) is 0 Å². The largest absolute Gasteiger partial charge is 0.385 e. The molecule has 21 heavy (non-hydrogen) atoms. The van der Waals surface area contributed by atoms with E-state index < -0.39 is 0 Å². The van der Waals surface area contributed by atoms with Crippen molar-refractivity contribution in [2.24, 2.45) is 0 Å². The molecule has 0 bridgehead atoms. The van der Waals surface area contributed by atoms with Crippen LogP contribution in [0, 0.1) is 6.92 Å². The van der Waals surface area contributed by atoms with E-state index in [0.717, 1.165) is 55.7 Å². The van der Waals surface area contributed by atoms with Crippen LogP contribution in [0.15, 0.2) is 18.2 Å². The number of piperidine rings is 1. The molecule has 1 N–H and O–H groups in total. The van der Waals surface area contributed by atoms with Crippen molar-refractivity contribution in [3.05, 3.63) is 29.3 Å². The van der Waals surface area contributed by atoms with Crippen LogP contribution in [0.1, 0.15) is 42.1 Å². The zero-order valence-electron chi connectivity index (χ0n) is 13.3. The van der Waals surface area contributed by atoms with Gasteiger partial charge in [-0.05, 0) is 49.9 Å². The van der Waals surface area contributed by atoms with Gasteiger partial charge in [0.15, 0.2) is 0 Å². The first-order valence-corrected chi connectivity index (χ1v) is 7.82. The molecule has 0 spiro atoms. The van der Waals surface area contributed by atoms with Gasteiger partial charge >= 0.3 is 0 Å². The number of rotatable bonds is 5. The number of carbonyl (C=O) groups excluding carboxylic acids is 1. The zero-order valence-corrected chi connectivity index (χ0v) is 13.3. The molecule has 1 fully saturated rings. The van der Waals surface area contributed by atoms with Crippen molar-refractivity contribution in [3.8, 4) is 0 Å². The van der Waals surface area contributed by atoms with Crippen molar-refractivity contribution in [1.29, 1.82) is 0 Å². The normalized spacial score (nSPS) is 16.0. The Bertz CT molecular complexity index is 480. The number of benzene rings is 1. The van der Waals surface area contributed by atoms with Crippen molar-refractivity contribution < 1.29 is 9.53 Å². The second kappa shape index (κ2) is 7.46. The average Bonchev–Trinajstić information content (AvgIpc) is 2.53. The summed E-state index contributed by atoms with van der Waals surface area (Å²) in [6.45, 7) is 6.72. The van der Waals surface area contributed by atoms with Gasteiger partial charge in [0.2, 0.25) is 0 Å². The van der Waals surface area contributed by atoms with Gasteiger partial charge in [-0.15, -0.1) is 0 Å². The van der Waals surface area contributed by atoms with E-state index in [1.54, 1.807) is 7.11 Å². The fourth-order valence-electron chi connectivity index (χ4n) is 2.73. The van der Waals surface area contributed by atoms with Gasteiger partial charge in [-0.1, -0.05) is 6.92 Å². The monoisotopic (exact) mass is 290 g/mol. The highest BCUT2D eigenvalue weighted by molar-refractivity contribution is 5.95. The zero-order chi connectivity index (χ0) is 15.2. The standard InChI is InChI=1S/C17H26N2O2/c1-4-9-18-16-6-5-14(12-13(16)2)17(20)19-10-7-15(21-3)8-11-19/h5-6,12,15,18H,4,7-11H2,1-3H3. The number of nitrogens with one attached hydrogen (secondary N) is 1. The quantitative estimate of drug-likeness (QED) is 0.906. The summed E-state index contributed by atoms with van der Waals surface area (Å²) in [5, 5.41) is 3.38. The molecule has 2 rings (SSSR count). The molecular formula is C17H26N2O2. The molecule has 0 radical (unpaired) electrons. The van der Waals surface area contributed by atoms with E-state index in [2.05, 4.69) is 12.2 Å². The first-order chi connectivity index (χ1) is 10.2. The highest BCUT2D eigenvalue weighted by Gasteiger charge is 2.23. The second-order valence-corrected chi connectivity index (χ2v) is 5.68. The van der Waals surface area contributed by atoms with Crippen LogP contribution in [-0.2, 0) is 4.74 Å². The van der Waals surface area contributed by atoms with Gasteiger partial charge in [-0.3, -0.25) is 4.79 Å². The summed E-state index contributed by atoms with van der Waals surface area (Å²) >= 11 is 0. The smallest absolute Gasteiger partial charge is 0.253 e. The SMILES string of the molecule is CCCNc1ccc(C(=O)N2CCC(OC)CC2)cc1C. The van der Waals surface area contributed by atoms with Crippen LogP contribution in [-0.4, -0.2) is 43.7 Å². The summed E-state index contributed by atoms with van der Waals surface area (Å²) in [6, 6.07) is 5.93. The molecule has 1 saturated heterocycles. The maximum Gasteiger partial charge on any atom is 0.253 e. The molecule has 1 heterocycles. The molecule has 116 valence electrons. The predicted octanol–water partition coefficient (Wildman–Crippen LogP) is 3.07. The summed E-state index contributed by atoms with van der Waals surface area (Å²) in [6.07, 6.45) is 3.25. The molecule has 0 aliphatic carbocycles.